The summed E-state index contributed by atoms with van der Waals surface area (Å²) in [5.74, 6) is 0. The van der Waals surface area contributed by atoms with E-state index in [-0.39, 0.29) is 0 Å². The van der Waals surface area contributed by atoms with Crippen LogP contribution in [-0.2, 0) is 0 Å². The fraction of sp³-hybridized carbons (Fsp3) is 0. The molecule has 0 atom stereocenters. The second-order valence-electron chi connectivity index (χ2n) is 2.73. The predicted octanol–water partition coefficient (Wildman–Crippen LogP) is 1.39. The molecule has 0 fully saturated rings. The van der Waals surface area contributed by atoms with Gasteiger partial charge in [-0.2, -0.15) is 0 Å². The number of hydrogen-bond donors (Lipinski definition) is 0. The monoisotopic (exact) mass is 269 g/mol. The van der Waals surface area contributed by atoms with E-state index in [1.807, 2.05) is 18.2 Å². The second kappa shape index (κ2) is 4.61. The molecule has 0 aliphatic carbocycles. The molecule has 0 radical (unpaired) electrons. The van der Waals surface area contributed by atoms with Crippen molar-refractivity contribution in [2.75, 3.05) is 0 Å². The van der Waals surface area contributed by atoms with Crippen LogP contribution in [0.2, 0.25) is 5.15 Å². The van der Waals surface area contributed by atoms with Crippen LogP contribution in [-0.4, -0.2) is 19.9 Å². The fourth-order valence-electron chi connectivity index (χ4n) is 1.07. The number of benzene rings is 1. The molecule has 14 heavy (non-hydrogen) atoms. The molecule has 2 aromatic rings. The maximum atomic E-state index is 5.81. The molecule has 0 amide bonds. The molecule has 0 spiro atoms. The van der Waals surface area contributed by atoms with Crippen molar-refractivity contribution >= 4 is 35.5 Å². The van der Waals surface area contributed by atoms with E-state index in [1.165, 1.54) is 8.92 Å². The summed E-state index contributed by atoms with van der Waals surface area (Å²) in [6.07, 6.45) is 1.75. The van der Waals surface area contributed by atoms with E-state index in [0.717, 1.165) is 0 Å². The molecule has 0 unspecified atom stereocenters. The van der Waals surface area contributed by atoms with Gasteiger partial charge in [-0.05, 0) is 0 Å². The standard InChI is InChI=1S/C11H8ClNSe/c12-11-8-10(6-7-13-11)14-9-4-2-1-3-5-9/h1-8H. The van der Waals surface area contributed by atoms with Crippen LogP contribution in [0.5, 0.6) is 0 Å². The van der Waals surface area contributed by atoms with Gasteiger partial charge in [0.1, 0.15) is 0 Å². The summed E-state index contributed by atoms with van der Waals surface area (Å²) >= 11 is 6.14. The van der Waals surface area contributed by atoms with E-state index < -0.39 is 0 Å². The summed E-state index contributed by atoms with van der Waals surface area (Å²) in [5, 5.41) is 0.570. The Hall–Kier alpha value is -0.821. The molecule has 0 aliphatic heterocycles. The van der Waals surface area contributed by atoms with Crippen molar-refractivity contribution in [2.24, 2.45) is 0 Å². The van der Waals surface area contributed by atoms with Crippen LogP contribution < -0.4 is 8.92 Å². The van der Waals surface area contributed by atoms with Crippen molar-refractivity contribution in [3.63, 3.8) is 0 Å². The summed E-state index contributed by atoms with van der Waals surface area (Å²) < 4.78 is 2.60. The van der Waals surface area contributed by atoms with Crippen LogP contribution in [0.4, 0.5) is 0 Å². The first-order valence-corrected chi connectivity index (χ1v) is 6.28. The van der Waals surface area contributed by atoms with E-state index >= 15 is 0 Å². The molecule has 2 rings (SSSR count). The molecule has 0 N–H and O–H groups in total. The van der Waals surface area contributed by atoms with Gasteiger partial charge in [-0.25, -0.2) is 0 Å². The number of nitrogens with zero attached hydrogens (tertiary/aromatic N) is 1. The average molecular weight is 269 g/mol. The third-order valence-corrected chi connectivity index (χ3v) is 3.98. The van der Waals surface area contributed by atoms with Gasteiger partial charge in [-0.1, -0.05) is 0 Å². The average Bonchev–Trinajstić information content (AvgIpc) is 2.19. The van der Waals surface area contributed by atoms with Gasteiger partial charge in [-0.15, -0.1) is 0 Å². The number of pyridine rings is 1. The molecule has 0 saturated heterocycles. The van der Waals surface area contributed by atoms with E-state index in [2.05, 4.69) is 29.2 Å². The van der Waals surface area contributed by atoms with E-state index in [1.54, 1.807) is 6.20 Å². The Balaban J connectivity index is 2.19. The topological polar surface area (TPSA) is 12.9 Å². The van der Waals surface area contributed by atoms with Crippen LogP contribution in [0.25, 0.3) is 0 Å². The number of hydrogen-bond acceptors (Lipinski definition) is 1. The van der Waals surface area contributed by atoms with Gasteiger partial charge in [0.15, 0.2) is 0 Å². The number of halogens is 1. The molecule has 1 heterocycles. The molecule has 0 saturated carbocycles. The predicted molar refractivity (Wildman–Crippen MR) is 60.7 cm³/mol. The third kappa shape index (κ3) is 2.58. The molecular weight excluding hydrogens is 261 g/mol. The summed E-state index contributed by atoms with van der Waals surface area (Å²) in [4.78, 5) is 3.96. The zero-order valence-electron chi connectivity index (χ0n) is 7.35. The number of aromatic nitrogens is 1. The molecule has 0 bridgehead atoms. The Bertz CT molecular complexity index is 417. The molecule has 0 aliphatic rings. The van der Waals surface area contributed by atoms with Gasteiger partial charge in [0.05, 0.1) is 0 Å². The van der Waals surface area contributed by atoms with Crippen LogP contribution in [0.15, 0.2) is 48.7 Å². The van der Waals surface area contributed by atoms with Crippen molar-refractivity contribution in [3.05, 3.63) is 53.8 Å². The Kier molecular flexibility index (Phi) is 3.20. The summed E-state index contributed by atoms with van der Waals surface area (Å²) in [6.45, 7) is 0. The van der Waals surface area contributed by atoms with Crippen LogP contribution >= 0.6 is 11.6 Å². The maximum absolute atomic E-state index is 5.81. The summed E-state index contributed by atoms with van der Waals surface area (Å²) in [6, 6.07) is 14.3. The van der Waals surface area contributed by atoms with Gasteiger partial charge >= 0.3 is 94.3 Å². The van der Waals surface area contributed by atoms with E-state index in [9.17, 15) is 0 Å². The molecule has 70 valence electrons. The summed E-state index contributed by atoms with van der Waals surface area (Å²) in [7, 11) is 0. The quantitative estimate of drug-likeness (QED) is 0.593. The van der Waals surface area contributed by atoms with Gasteiger partial charge in [0.25, 0.3) is 0 Å². The van der Waals surface area contributed by atoms with Crippen LogP contribution in [0.3, 0.4) is 0 Å². The molecular formula is C11H8ClNSe. The van der Waals surface area contributed by atoms with Crippen molar-refractivity contribution in [1.29, 1.82) is 0 Å². The Morgan fingerprint density at radius 1 is 1.00 bits per heavy atom. The minimum atomic E-state index is 0.327. The third-order valence-electron chi connectivity index (χ3n) is 1.68. The fourth-order valence-corrected chi connectivity index (χ4v) is 3.21. The molecule has 1 nitrogen and oxygen atoms in total. The van der Waals surface area contributed by atoms with Gasteiger partial charge < -0.3 is 0 Å². The Labute approximate surface area is 94.3 Å². The van der Waals surface area contributed by atoms with E-state index in [4.69, 9.17) is 11.6 Å². The normalized spacial score (nSPS) is 10.1. The zero-order valence-corrected chi connectivity index (χ0v) is 9.82. The van der Waals surface area contributed by atoms with Crippen molar-refractivity contribution in [3.8, 4) is 0 Å². The van der Waals surface area contributed by atoms with E-state index in [0.29, 0.717) is 20.1 Å². The van der Waals surface area contributed by atoms with Gasteiger partial charge in [0.2, 0.25) is 0 Å². The first kappa shape index (κ1) is 9.72. The van der Waals surface area contributed by atoms with Crippen molar-refractivity contribution < 1.29 is 0 Å². The summed E-state index contributed by atoms with van der Waals surface area (Å²) in [5.41, 5.74) is 0. The zero-order chi connectivity index (χ0) is 9.80. The van der Waals surface area contributed by atoms with Gasteiger partial charge in [0, 0.05) is 0 Å². The Morgan fingerprint density at radius 2 is 1.79 bits per heavy atom. The van der Waals surface area contributed by atoms with Crippen LogP contribution in [0, 0.1) is 0 Å². The molecule has 1 aromatic carbocycles. The van der Waals surface area contributed by atoms with Crippen molar-refractivity contribution in [2.45, 2.75) is 0 Å². The first-order chi connectivity index (χ1) is 6.84. The molecule has 1 aromatic heterocycles. The number of rotatable bonds is 2. The SMILES string of the molecule is Clc1cc([Se]c2ccccc2)ccn1. The first-order valence-electron chi connectivity index (χ1n) is 4.19. The van der Waals surface area contributed by atoms with Crippen molar-refractivity contribution in [1.82, 2.24) is 4.98 Å². The van der Waals surface area contributed by atoms with Crippen LogP contribution in [0.1, 0.15) is 0 Å². The Morgan fingerprint density at radius 3 is 2.50 bits per heavy atom. The van der Waals surface area contributed by atoms with Gasteiger partial charge in [-0.3, -0.25) is 0 Å². The second-order valence-corrected chi connectivity index (χ2v) is 5.52. The molecule has 3 heteroatoms. The minimum absolute atomic E-state index is 0.327.